The van der Waals surface area contributed by atoms with Crippen molar-refractivity contribution in [2.45, 2.75) is 38.9 Å². The first kappa shape index (κ1) is 11.0. The molecule has 2 atom stereocenters. The van der Waals surface area contributed by atoms with Gasteiger partial charge in [0, 0.05) is 42.8 Å². The van der Waals surface area contributed by atoms with E-state index in [1.165, 1.54) is 11.3 Å². The van der Waals surface area contributed by atoms with Gasteiger partial charge in [-0.15, -0.1) is 11.3 Å². The molecule has 3 nitrogen and oxygen atoms in total. The molecule has 1 saturated heterocycles. The predicted molar refractivity (Wildman–Crippen MR) is 64.1 cm³/mol. The third-order valence-electron chi connectivity index (χ3n) is 3.12. The lowest BCUT2D eigenvalue weighted by molar-refractivity contribution is 0.132. The van der Waals surface area contributed by atoms with Gasteiger partial charge >= 0.3 is 0 Å². The van der Waals surface area contributed by atoms with Gasteiger partial charge in [-0.25, -0.2) is 0 Å². The van der Waals surface area contributed by atoms with Crippen LogP contribution >= 0.6 is 11.3 Å². The average molecular weight is 225 g/mol. The van der Waals surface area contributed by atoms with Crippen LogP contribution in [-0.2, 0) is 6.54 Å². The summed E-state index contributed by atoms with van der Waals surface area (Å²) < 4.78 is 0. The van der Waals surface area contributed by atoms with Crippen molar-refractivity contribution in [1.29, 1.82) is 0 Å². The molecule has 1 fully saturated rings. The zero-order chi connectivity index (χ0) is 10.7. The topological polar surface area (TPSA) is 28.2 Å². The largest absolute Gasteiger partial charge is 0.311 e. The molecule has 84 valence electrons. The van der Waals surface area contributed by atoms with Gasteiger partial charge in [0.2, 0.25) is 0 Å². The lowest BCUT2D eigenvalue weighted by atomic mass is 10.1. The minimum atomic E-state index is 0.634. The number of nitrogens with one attached hydrogen (secondary N) is 1. The van der Waals surface area contributed by atoms with E-state index in [2.05, 4.69) is 29.0 Å². The molecule has 0 aromatic carbocycles. The van der Waals surface area contributed by atoms with E-state index in [-0.39, 0.29) is 0 Å². The van der Waals surface area contributed by atoms with Gasteiger partial charge in [0.05, 0.1) is 5.51 Å². The summed E-state index contributed by atoms with van der Waals surface area (Å²) in [6.45, 7) is 7.87. The highest BCUT2D eigenvalue weighted by atomic mass is 32.1. The monoisotopic (exact) mass is 225 g/mol. The summed E-state index contributed by atoms with van der Waals surface area (Å²) in [6.07, 6.45) is 3.20. The zero-order valence-electron chi connectivity index (χ0n) is 9.44. The Labute approximate surface area is 95.5 Å². The van der Waals surface area contributed by atoms with Gasteiger partial charge in [-0.05, 0) is 13.3 Å². The molecule has 2 rings (SSSR count). The molecule has 0 spiro atoms. The molecule has 0 radical (unpaired) electrons. The van der Waals surface area contributed by atoms with Crippen LogP contribution in [0.25, 0.3) is 0 Å². The van der Waals surface area contributed by atoms with E-state index in [9.17, 15) is 0 Å². The fourth-order valence-corrected chi connectivity index (χ4v) is 2.63. The minimum Gasteiger partial charge on any atom is -0.311 e. The van der Waals surface area contributed by atoms with Crippen LogP contribution in [0.3, 0.4) is 0 Å². The highest BCUT2D eigenvalue weighted by Gasteiger charge is 2.23. The van der Waals surface area contributed by atoms with E-state index in [1.807, 2.05) is 11.7 Å². The molecule has 0 bridgehead atoms. The van der Waals surface area contributed by atoms with Gasteiger partial charge in [0.25, 0.3) is 0 Å². The molecule has 4 heteroatoms. The Morgan fingerprint density at radius 3 is 3.20 bits per heavy atom. The second-order valence-corrected chi connectivity index (χ2v) is 5.23. The number of hydrogen-bond donors (Lipinski definition) is 1. The van der Waals surface area contributed by atoms with Crippen molar-refractivity contribution in [1.82, 2.24) is 15.2 Å². The van der Waals surface area contributed by atoms with Crippen molar-refractivity contribution in [2.75, 3.05) is 13.1 Å². The predicted octanol–water partition coefficient (Wildman–Crippen LogP) is 1.72. The molecule has 0 saturated carbocycles. The highest BCUT2D eigenvalue weighted by molar-refractivity contribution is 7.09. The summed E-state index contributed by atoms with van der Waals surface area (Å²) in [5.74, 6) is 0. The fourth-order valence-electron chi connectivity index (χ4n) is 2.01. The zero-order valence-corrected chi connectivity index (χ0v) is 10.3. The summed E-state index contributed by atoms with van der Waals surface area (Å²) >= 11 is 1.75. The molecule has 1 aliphatic rings. The standard InChI is InChI=1S/C11H19N3S/c1-3-10-6-14(9(2)4-13-10)7-11-5-12-8-15-11/h5,8-10,13H,3-4,6-7H2,1-2H3. The lowest BCUT2D eigenvalue weighted by Crippen LogP contribution is -2.54. The maximum atomic E-state index is 4.13. The second kappa shape index (κ2) is 5.05. The van der Waals surface area contributed by atoms with Gasteiger partial charge < -0.3 is 5.32 Å². The lowest BCUT2D eigenvalue weighted by Gasteiger charge is -2.38. The van der Waals surface area contributed by atoms with E-state index < -0.39 is 0 Å². The first-order valence-electron chi connectivity index (χ1n) is 5.64. The molecule has 1 N–H and O–H groups in total. The van der Waals surface area contributed by atoms with Crippen LogP contribution in [0.4, 0.5) is 0 Å². The minimum absolute atomic E-state index is 0.634. The number of thiazole rings is 1. The van der Waals surface area contributed by atoms with E-state index in [1.54, 1.807) is 11.3 Å². The number of hydrogen-bond acceptors (Lipinski definition) is 4. The van der Waals surface area contributed by atoms with Crippen molar-refractivity contribution in [3.05, 3.63) is 16.6 Å². The Morgan fingerprint density at radius 1 is 1.67 bits per heavy atom. The smallest absolute Gasteiger partial charge is 0.0794 e. The van der Waals surface area contributed by atoms with E-state index >= 15 is 0 Å². The summed E-state index contributed by atoms with van der Waals surface area (Å²) in [5, 5.41) is 3.57. The Hall–Kier alpha value is -0.450. The number of piperazine rings is 1. The molecule has 0 amide bonds. The van der Waals surface area contributed by atoms with Crippen molar-refractivity contribution >= 4 is 11.3 Å². The normalized spacial score (nSPS) is 28.1. The van der Waals surface area contributed by atoms with Crippen molar-refractivity contribution in [2.24, 2.45) is 0 Å². The first-order chi connectivity index (χ1) is 7.29. The van der Waals surface area contributed by atoms with Gasteiger partial charge in [-0.3, -0.25) is 9.88 Å². The van der Waals surface area contributed by atoms with Crippen LogP contribution < -0.4 is 5.32 Å². The van der Waals surface area contributed by atoms with Gasteiger partial charge in [0.15, 0.2) is 0 Å². The van der Waals surface area contributed by atoms with Gasteiger partial charge in [-0.1, -0.05) is 6.92 Å². The maximum Gasteiger partial charge on any atom is 0.0794 e. The summed E-state index contributed by atoms with van der Waals surface area (Å²) in [5.41, 5.74) is 1.92. The van der Waals surface area contributed by atoms with Crippen LogP contribution in [-0.4, -0.2) is 35.1 Å². The van der Waals surface area contributed by atoms with Crippen molar-refractivity contribution in [3.63, 3.8) is 0 Å². The summed E-state index contributed by atoms with van der Waals surface area (Å²) in [7, 11) is 0. The Kier molecular flexibility index (Phi) is 3.72. The Bertz CT molecular complexity index is 286. The molecule has 0 aliphatic carbocycles. The molecule has 2 unspecified atom stereocenters. The highest BCUT2D eigenvalue weighted by Crippen LogP contribution is 2.15. The molecule has 1 aliphatic heterocycles. The number of nitrogens with zero attached hydrogens (tertiary/aromatic N) is 2. The third-order valence-corrected chi connectivity index (χ3v) is 3.88. The number of aromatic nitrogens is 1. The average Bonchev–Trinajstić information content (AvgIpc) is 2.74. The second-order valence-electron chi connectivity index (χ2n) is 4.26. The van der Waals surface area contributed by atoms with Crippen LogP contribution in [0.1, 0.15) is 25.1 Å². The fraction of sp³-hybridized carbons (Fsp3) is 0.727. The first-order valence-corrected chi connectivity index (χ1v) is 6.52. The molecule has 2 heterocycles. The van der Waals surface area contributed by atoms with E-state index in [4.69, 9.17) is 0 Å². The van der Waals surface area contributed by atoms with Gasteiger partial charge in [-0.2, -0.15) is 0 Å². The van der Waals surface area contributed by atoms with Crippen molar-refractivity contribution < 1.29 is 0 Å². The van der Waals surface area contributed by atoms with Crippen LogP contribution in [0.5, 0.6) is 0 Å². The molecule has 1 aromatic rings. The maximum absolute atomic E-state index is 4.13. The third kappa shape index (κ3) is 2.77. The van der Waals surface area contributed by atoms with Crippen LogP contribution in [0.15, 0.2) is 11.7 Å². The summed E-state index contributed by atoms with van der Waals surface area (Å²) in [4.78, 5) is 8.06. The molecule has 1 aromatic heterocycles. The molecule has 15 heavy (non-hydrogen) atoms. The molecular weight excluding hydrogens is 206 g/mol. The Balaban J connectivity index is 1.94. The Morgan fingerprint density at radius 2 is 2.53 bits per heavy atom. The van der Waals surface area contributed by atoms with Crippen molar-refractivity contribution in [3.8, 4) is 0 Å². The van der Waals surface area contributed by atoms with Crippen LogP contribution in [0, 0.1) is 0 Å². The molecular formula is C11H19N3S. The number of rotatable bonds is 3. The van der Waals surface area contributed by atoms with Crippen LogP contribution in [0.2, 0.25) is 0 Å². The quantitative estimate of drug-likeness (QED) is 0.849. The van der Waals surface area contributed by atoms with Gasteiger partial charge in [0.1, 0.15) is 0 Å². The van der Waals surface area contributed by atoms with E-state index in [0.717, 1.165) is 19.6 Å². The van der Waals surface area contributed by atoms with E-state index in [0.29, 0.717) is 12.1 Å². The summed E-state index contributed by atoms with van der Waals surface area (Å²) in [6, 6.07) is 1.30. The SMILES string of the molecule is CCC1CN(Cc2cncs2)C(C)CN1.